The fraction of sp³-hybridized carbons (Fsp3) is 0.462. The fourth-order valence-electron chi connectivity index (χ4n) is 2.03. The second-order valence-corrected chi connectivity index (χ2v) is 5.35. The lowest BCUT2D eigenvalue weighted by atomic mass is 9.88. The van der Waals surface area contributed by atoms with Crippen LogP contribution in [0.1, 0.15) is 24.2 Å². The summed E-state index contributed by atoms with van der Waals surface area (Å²) in [7, 11) is 0. The molecule has 0 spiro atoms. The number of carboxylic acid groups (broad SMARTS) is 1. The molecule has 0 unspecified atom stereocenters. The van der Waals surface area contributed by atoms with Crippen molar-refractivity contribution in [3.63, 3.8) is 0 Å². The van der Waals surface area contributed by atoms with Crippen molar-refractivity contribution < 1.29 is 9.90 Å². The van der Waals surface area contributed by atoms with Crippen molar-refractivity contribution in [3.8, 4) is 0 Å². The normalized spacial score (nSPS) is 16.1. The van der Waals surface area contributed by atoms with Gasteiger partial charge in [-0.15, -0.1) is 0 Å². The van der Waals surface area contributed by atoms with Crippen LogP contribution in [0.25, 0.3) is 0 Å². The number of aromatic carboxylic acids is 1. The van der Waals surface area contributed by atoms with Gasteiger partial charge in [0.2, 0.25) is 0 Å². The lowest BCUT2D eigenvalue weighted by molar-refractivity contribution is 0.0697. The van der Waals surface area contributed by atoms with E-state index < -0.39 is 5.97 Å². The summed E-state index contributed by atoms with van der Waals surface area (Å²) in [6, 6.07) is 4.99. The van der Waals surface area contributed by atoms with Crippen LogP contribution in [0.15, 0.2) is 18.2 Å². The zero-order valence-electron chi connectivity index (χ0n) is 9.98. The Labute approximate surface area is 106 Å². The number of carboxylic acids is 1. The van der Waals surface area contributed by atoms with Gasteiger partial charge in [0, 0.05) is 23.8 Å². The Balaban J connectivity index is 2.15. The SMILES string of the molecule is CC(C)C1CN(c2cc(Cl)cc(C(=O)O)c2)C1. The van der Waals surface area contributed by atoms with Gasteiger partial charge in [-0.3, -0.25) is 0 Å². The highest BCUT2D eigenvalue weighted by molar-refractivity contribution is 6.31. The Morgan fingerprint density at radius 3 is 2.59 bits per heavy atom. The number of nitrogens with zero attached hydrogens (tertiary/aromatic N) is 1. The molecule has 92 valence electrons. The van der Waals surface area contributed by atoms with Gasteiger partial charge in [-0.05, 0) is 30.0 Å². The summed E-state index contributed by atoms with van der Waals surface area (Å²) in [4.78, 5) is 13.1. The first-order valence-electron chi connectivity index (χ1n) is 5.76. The molecule has 1 aliphatic heterocycles. The van der Waals surface area contributed by atoms with Crippen molar-refractivity contribution in [2.45, 2.75) is 13.8 Å². The first-order chi connectivity index (χ1) is 7.97. The Hall–Kier alpha value is -1.22. The van der Waals surface area contributed by atoms with Gasteiger partial charge in [0.15, 0.2) is 0 Å². The third-order valence-electron chi connectivity index (χ3n) is 3.35. The fourth-order valence-corrected chi connectivity index (χ4v) is 2.25. The molecule has 0 aromatic heterocycles. The van der Waals surface area contributed by atoms with Crippen molar-refractivity contribution in [2.24, 2.45) is 11.8 Å². The summed E-state index contributed by atoms with van der Waals surface area (Å²) in [5.74, 6) is 0.432. The van der Waals surface area contributed by atoms with Gasteiger partial charge >= 0.3 is 5.97 Å². The first-order valence-corrected chi connectivity index (χ1v) is 6.14. The Kier molecular flexibility index (Phi) is 3.29. The molecule has 1 N–H and O–H groups in total. The molecule has 2 rings (SSSR count). The largest absolute Gasteiger partial charge is 0.478 e. The highest BCUT2D eigenvalue weighted by atomic mass is 35.5. The molecule has 0 bridgehead atoms. The minimum atomic E-state index is -0.935. The molecule has 1 aromatic rings. The molecule has 1 heterocycles. The molecular weight excluding hydrogens is 238 g/mol. The predicted molar refractivity (Wildman–Crippen MR) is 69.0 cm³/mol. The molecule has 17 heavy (non-hydrogen) atoms. The number of benzene rings is 1. The Bertz CT molecular complexity index is 439. The van der Waals surface area contributed by atoms with Crippen LogP contribution in [-0.2, 0) is 0 Å². The number of hydrogen-bond donors (Lipinski definition) is 1. The third kappa shape index (κ3) is 2.55. The lowest BCUT2D eigenvalue weighted by Gasteiger charge is -2.43. The van der Waals surface area contributed by atoms with Crippen molar-refractivity contribution in [1.82, 2.24) is 0 Å². The lowest BCUT2D eigenvalue weighted by Crippen LogP contribution is -2.49. The summed E-state index contributed by atoms with van der Waals surface area (Å²) in [6.07, 6.45) is 0. The van der Waals surface area contributed by atoms with Gasteiger partial charge < -0.3 is 10.0 Å². The molecule has 1 aliphatic rings. The Morgan fingerprint density at radius 1 is 1.41 bits per heavy atom. The molecule has 1 fully saturated rings. The maximum Gasteiger partial charge on any atom is 0.335 e. The number of hydrogen-bond acceptors (Lipinski definition) is 2. The van der Waals surface area contributed by atoms with Crippen LogP contribution in [0.2, 0.25) is 5.02 Å². The molecule has 0 amide bonds. The van der Waals surface area contributed by atoms with Gasteiger partial charge in [-0.2, -0.15) is 0 Å². The van der Waals surface area contributed by atoms with E-state index >= 15 is 0 Å². The molecule has 0 atom stereocenters. The smallest absolute Gasteiger partial charge is 0.335 e. The molecule has 0 aliphatic carbocycles. The molecule has 0 saturated carbocycles. The first kappa shape index (κ1) is 12.2. The highest BCUT2D eigenvalue weighted by Crippen LogP contribution is 2.31. The summed E-state index contributed by atoms with van der Waals surface area (Å²) in [5.41, 5.74) is 1.16. The number of rotatable bonds is 3. The average Bonchev–Trinajstić information content (AvgIpc) is 2.13. The van der Waals surface area contributed by atoms with E-state index in [9.17, 15) is 4.79 Å². The standard InChI is InChI=1S/C13H16ClNO2/c1-8(2)10-6-15(7-10)12-4-9(13(16)17)3-11(14)5-12/h3-5,8,10H,6-7H2,1-2H3,(H,16,17). The van der Waals surface area contributed by atoms with Crippen LogP contribution < -0.4 is 4.90 Å². The van der Waals surface area contributed by atoms with Crippen LogP contribution >= 0.6 is 11.6 Å². The van der Waals surface area contributed by atoms with Crippen molar-refractivity contribution in [2.75, 3.05) is 18.0 Å². The van der Waals surface area contributed by atoms with Gasteiger partial charge in [0.05, 0.1) is 5.56 Å². The number of anilines is 1. The van der Waals surface area contributed by atoms with E-state index in [1.54, 1.807) is 6.07 Å². The van der Waals surface area contributed by atoms with Crippen molar-refractivity contribution in [1.29, 1.82) is 0 Å². The van der Waals surface area contributed by atoms with Gasteiger partial charge in [-0.1, -0.05) is 25.4 Å². The topological polar surface area (TPSA) is 40.5 Å². The van der Waals surface area contributed by atoms with Crippen LogP contribution in [0.5, 0.6) is 0 Å². The van der Waals surface area contributed by atoms with Gasteiger partial charge in [-0.25, -0.2) is 4.79 Å². The predicted octanol–water partition coefficient (Wildman–Crippen LogP) is 3.13. The van der Waals surface area contributed by atoms with Crippen LogP contribution in [0, 0.1) is 11.8 Å². The quantitative estimate of drug-likeness (QED) is 0.900. The molecule has 1 saturated heterocycles. The second kappa shape index (κ2) is 4.57. The minimum Gasteiger partial charge on any atom is -0.478 e. The van der Waals surface area contributed by atoms with E-state index in [2.05, 4.69) is 18.7 Å². The zero-order chi connectivity index (χ0) is 12.6. The number of halogens is 1. The molecule has 1 aromatic carbocycles. The maximum absolute atomic E-state index is 10.9. The Morgan fingerprint density at radius 2 is 2.06 bits per heavy atom. The highest BCUT2D eigenvalue weighted by Gasteiger charge is 2.29. The third-order valence-corrected chi connectivity index (χ3v) is 3.57. The summed E-state index contributed by atoms with van der Waals surface area (Å²) in [5, 5.41) is 9.45. The summed E-state index contributed by atoms with van der Waals surface area (Å²) < 4.78 is 0. The minimum absolute atomic E-state index is 0.250. The monoisotopic (exact) mass is 253 g/mol. The summed E-state index contributed by atoms with van der Waals surface area (Å²) in [6.45, 7) is 6.39. The molecular formula is C13H16ClNO2. The maximum atomic E-state index is 10.9. The average molecular weight is 254 g/mol. The van der Waals surface area contributed by atoms with Crippen molar-refractivity contribution in [3.05, 3.63) is 28.8 Å². The molecule has 3 nitrogen and oxygen atoms in total. The van der Waals surface area contributed by atoms with E-state index in [4.69, 9.17) is 16.7 Å². The molecule has 0 radical (unpaired) electrons. The number of carbonyl (C=O) groups is 1. The van der Waals surface area contributed by atoms with E-state index in [1.165, 1.54) is 6.07 Å². The van der Waals surface area contributed by atoms with E-state index in [-0.39, 0.29) is 5.56 Å². The second-order valence-electron chi connectivity index (χ2n) is 4.91. The van der Waals surface area contributed by atoms with Crippen LogP contribution in [-0.4, -0.2) is 24.2 Å². The zero-order valence-corrected chi connectivity index (χ0v) is 10.7. The summed E-state index contributed by atoms with van der Waals surface area (Å²) >= 11 is 5.93. The molecule has 4 heteroatoms. The van der Waals surface area contributed by atoms with E-state index in [0.29, 0.717) is 16.9 Å². The van der Waals surface area contributed by atoms with Crippen LogP contribution in [0.4, 0.5) is 5.69 Å². The van der Waals surface area contributed by atoms with Crippen LogP contribution in [0.3, 0.4) is 0 Å². The van der Waals surface area contributed by atoms with E-state index in [0.717, 1.165) is 18.8 Å². The van der Waals surface area contributed by atoms with Gasteiger partial charge in [0.1, 0.15) is 0 Å². The van der Waals surface area contributed by atoms with Gasteiger partial charge in [0.25, 0.3) is 0 Å². The van der Waals surface area contributed by atoms with E-state index in [1.807, 2.05) is 6.07 Å². The van der Waals surface area contributed by atoms with Crippen molar-refractivity contribution >= 4 is 23.3 Å².